The van der Waals surface area contributed by atoms with E-state index in [-0.39, 0.29) is 56.9 Å². The lowest BCUT2D eigenvalue weighted by Crippen LogP contribution is -2.59. The van der Waals surface area contributed by atoms with Gasteiger partial charge < -0.3 is 53.8 Å². The first-order valence-corrected chi connectivity index (χ1v) is 18.7. The zero-order chi connectivity index (χ0) is 41.3. The molecule has 0 aliphatic rings. The molecule has 0 saturated heterocycles. The highest BCUT2D eigenvalue weighted by atomic mass is 16.2. The fraction of sp³-hybridized carbons (Fsp3) is 0.385. The van der Waals surface area contributed by atoms with E-state index >= 15 is 0 Å². The third-order valence-corrected chi connectivity index (χ3v) is 9.05. The number of rotatable bonds is 22. The number of carbonyl (C=O) groups excluding carboxylic acids is 6. The summed E-state index contributed by atoms with van der Waals surface area (Å²) in [6.07, 6.45) is 5.91. The number of carbonyl (C=O) groups is 6. The van der Waals surface area contributed by atoms with Gasteiger partial charge in [0.1, 0.15) is 24.2 Å². The smallest absolute Gasteiger partial charge is 0.243 e. The van der Waals surface area contributed by atoms with Gasteiger partial charge in [0.15, 0.2) is 5.96 Å². The number of nitrogens with one attached hydrogen (secondary N) is 7. The van der Waals surface area contributed by atoms with Gasteiger partial charge in [0.25, 0.3) is 0 Å². The number of para-hydroxylation sites is 1. The van der Waals surface area contributed by atoms with Gasteiger partial charge in [-0.05, 0) is 43.4 Å². The molecule has 2 aromatic heterocycles. The fourth-order valence-corrected chi connectivity index (χ4v) is 6.10. The fourth-order valence-electron chi connectivity index (χ4n) is 6.10. The van der Waals surface area contributed by atoms with Crippen LogP contribution in [-0.2, 0) is 48.0 Å². The van der Waals surface area contributed by atoms with E-state index in [0.717, 1.165) is 27.6 Å². The minimum Gasteiger partial charge on any atom is -0.370 e. The Morgan fingerprint density at radius 3 is 2.07 bits per heavy atom. The molecule has 6 amide bonds. The summed E-state index contributed by atoms with van der Waals surface area (Å²) in [4.78, 5) is 94.0. The van der Waals surface area contributed by atoms with Crippen LogP contribution in [0.15, 0.2) is 72.2 Å². The van der Waals surface area contributed by atoms with Crippen molar-refractivity contribution in [3.63, 3.8) is 0 Å². The van der Waals surface area contributed by atoms with Gasteiger partial charge in [-0.2, -0.15) is 0 Å². The Morgan fingerprint density at radius 1 is 0.772 bits per heavy atom. The summed E-state index contributed by atoms with van der Waals surface area (Å²) in [5, 5.41) is 14.4. The van der Waals surface area contributed by atoms with Gasteiger partial charge in [-0.15, -0.1) is 0 Å². The van der Waals surface area contributed by atoms with Crippen molar-refractivity contribution in [2.45, 2.75) is 83.0 Å². The first-order chi connectivity index (χ1) is 27.3. The van der Waals surface area contributed by atoms with Gasteiger partial charge in [-0.3, -0.25) is 33.8 Å². The molecular weight excluding hydrogens is 733 g/mol. The van der Waals surface area contributed by atoms with Gasteiger partial charge in [0.05, 0.1) is 12.9 Å². The highest BCUT2D eigenvalue weighted by molar-refractivity contribution is 5.96. The van der Waals surface area contributed by atoms with Crippen molar-refractivity contribution in [1.29, 1.82) is 0 Å². The highest BCUT2D eigenvalue weighted by Crippen LogP contribution is 2.19. The number of aromatic amines is 2. The van der Waals surface area contributed by atoms with E-state index in [1.807, 2.05) is 62.4 Å². The van der Waals surface area contributed by atoms with Crippen LogP contribution in [0.5, 0.6) is 0 Å². The van der Waals surface area contributed by atoms with Crippen LogP contribution in [0.25, 0.3) is 10.9 Å². The number of nitrogens with two attached hydrogens (primary N) is 3. The summed E-state index contributed by atoms with van der Waals surface area (Å²) >= 11 is 0. The molecule has 304 valence electrons. The van der Waals surface area contributed by atoms with E-state index in [1.54, 1.807) is 6.20 Å². The van der Waals surface area contributed by atoms with Gasteiger partial charge >= 0.3 is 0 Å². The number of aliphatic imine (C=N–C) groups is 1. The quantitative estimate of drug-likeness (QED) is 0.0282. The van der Waals surface area contributed by atoms with Crippen LogP contribution < -0.4 is 43.8 Å². The summed E-state index contributed by atoms with van der Waals surface area (Å²) in [7, 11) is 0. The number of imidazole rings is 1. The SMILES string of the molecule is CCCC(=O)N[C@@H](Cc1cnc[nH]1)C(=O)N[C@@H](Cc1ccc(C)cc1)C(=O)N[C@@H](CCCN=C(N)N)C(=O)N[C@@H](Cc1c[nH]c2ccccc12)C(=O)NCC(N)=O. The summed E-state index contributed by atoms with van der Waals surface area (Å²) in [5.41, 5.74) is 20.1. The number of guanidine groups is 1. The predicted octanol–water partition coefficient (Wildman–Crippen LogP) is -0.378. The average molecular weight is 785 g/mol. The molecule has 0 unspecified atom stereocenters. The first-order valence-electron chi connectivity index (χ1n) is 18.7. The topological polar surface area (TPSA) is 297 Å². The third-order valence-electron chi connectivity index (χ3n) is 9.05. The second-order valence-corrected chi connectivity index (χ2v) is 13.7. The first kappa shape index (κ1) is 43.0. The van der Waals surface area contributed by atoms with Crippen LogP contribution >= 0.6 is 0 Å². The van der Waals surface area contributed by atoms with E-state index in [1.165, 1.54) is 12.5 Å². The second kappa shape index (κ2) is 21.4. The molecule has 4 aromatic rings. The van der Waals surface area contributed by atoms with Crippen LogP contribution in [0.3, 0.4) is 0 Å². The Kier molecular flexibility index (Phi) is 16.1. The van der Waals surface area contributed by atoms with Gasteiger partial charge in [0.2, 0.25) is 35.4 Å². The molecule has 13 N–H and O–H groups in total. The number of benzene rings is 2. The highest BCUT2D eigenvalue weighted by Gasteiger charge is 2.32. The van der Waals surface area contributed by atoms with Crippen LogP contribution in [0.4, 0.5) is 0 Å². The van der Waals surface area contributed by atoms with E-state index < -0.39 is 60.2 Å². The van der Waals surface area contributed by atoms with E-state index in [0.29, 0.717) is 12.1 Å². The van der Waals surface area contributed by atoms with Crippen molar-refractivity contribution in [3.05, 3.63) is 89.6 Å². The maximum atomic E-state index is 14.3. The molecule has 0 radical (unpaired) electrons. The molecule has 4 rings (SSSR count). The van der Waals surface area contributed by atoms with Crippen molar-refractivity contribution in [3.8, 4) is 0 Å². The molecule has 2 heterocycles. The number of nitrogens with zero attached hydrogens (tertiary/aromatic N) is 2. The van der Waals surface area contributed by atoms with Gasteiger partial charge in [-0.1, -0.05) is 55.0 Å². The maximum absolute atomic E-state index is 14.3. The van der Waals surface area contributed by atoms with Crippen LogP contribution in [0, 0.1) is 6.92 Å². The number of fused-ring (bicyclic) bond motifs is 1. The average Bonchev–Trinajstić information content (AvgIpc) is 3.85. The van der Waals surface area contributed by atoms with Gasteiger partial charge in [-0.25, -0.2) is 4.98 Å². The molecule has 0 aliphatic carbocycles. The molecule has 0 spiro atoms. The lowest BCUT2D eigenvalue weighted by atomic mass is 10.0. The van der Waals surface area contributed by atoms with Crippen molar-refractivity contribution < 1.29 is 28.8 Å². The number of aryl methyl sites for hydroxylation is 1. The molecular formula is C39H52N12O6. The number of primary amides is 1. The molecule has 0 fully saturated rings. The van der Waals surface area contributed by atoms with Crippen LogP contribution in [0.2, 0.25) is 0 Å². The van der Waals surface area contributed by atoms with Crippen molar-refractivity contribution in [2.75, 3.05) is 13.1 Å². The Labute approximate surface area is 330 Å². The largest absolute Gasteiger partial charge is 0.370 e. The molecule has 18 nitrogen and oxygen atoms in total. The third kappa shape index (κ3) is 13.8. The molecule has 4 atom stereocenters. The lowest BCUT2D eigenvalue weighted by molar-refractivity contribution is -0.134. The Morgan fingerprint density at radius 2 is 1.42 bits per heavy atom. The number of amides is 6. The lowest BCUT2D eigenvalue weighted by Gasteiger charge is -2.27. The number of H-pyrrole nitrogens is 2. The summed E-state index contributed by atoms with van der Waals surface area (Å²) in [6, 6.07) is 10.1. The zero-order valence-electron chi connectivity index (χ0n) is 32.1. The molecule has 2 aromatic carbocycles. The summed E-state index contributed by atoms with van der Waals surface area (Å²) in [5.74, 6) is -3.97. The Balaban J connectivity index is 1.62. The summed E-state index contributed by atoms with van der Waals surface area (Å²) < 4.78 is 0. The standard InChI is InChI=1S/C39H52N12O6/c1-3-7-34(53)48-32(18-26-20-43-22-47-26)38(57)50-30(16-24-13-11-23(2)12-14-24)37(56)49-29(10-6-15-44-39(41)42)36(55)51-31(35(54)46-21-33(40)52)17-25-19-45-28-9-5-4-8-27(25)28/h4-5,8-9,11-14,19-20,22,29-32,45H,3,6-7,10,15-18,21H2,1-2H3,(H2,40,52)(H,43,47)(H,46,54)(H,48,53)(H,49,56)(H,50,57)(H,51,55)(H4,41,42,44)/t29-,30-,31-,32-/m0/s1. The summed E-state index contributed by atoms with van der Waals surface area (Å²) in [6.45, 7) is 3.43. The number of hydrogen-bond donors (Lipinski definition) is 10. The minimum atomic E-state index is -1.23. The number of hydrogen-bond acceptors (Lipinski definition) is 8. The number of aromatic nitrogens is 3. The van der Waals surface area contributed by atoms with E-state index in [2.05, 4.69) is 46.5 Å². The maximum Gasteiger partial charge on any atom is 0.243 e. The van der Waals surface area contributed by atoms with Crippen molar-refractivity contribution in [1.82, 2.24) is 41.5 Å². The van der Waals surface area contributed by atoms with Gasteiger partial charge in [0, 0.05) is 61.2 Å². The van der Waals surface area contributed by atoms with Crippen LogP contribution in [-0.4, -0.2) is 93.6 Å². The monoisotopic (exact) mass is 784 g/mol. The molecule has 0 saturated carbocycles. The van der Waals surface area contributed by atoms with Crippen LogP contribution in [0.1, 0.15) is 55.0 Å². The molecule has 57 heavy (non-hydrogen) atoms. The molecule has 0 bridgehead atoms. The van der Waals surface area contributed by atoms with E-state index in [9.17, 15) is 28.8 Å². The van der Waals surface area contributed by atoms with Crippen molar-refractivity contribution in [2.24, 2.45) is 22.2 Å². The minimum absolute atomic E-state index is 0.0304. The molecule has 18 heteroatoms. The van der Waals surface area contributed by atoms with E-state index in [4.69, 9.17) is 17.2 Å². The van der Waals surface area contributed by atoms with Crippen molar-refractivity contribution >= 4 is 52.3 Å². The zero-order valence-corrected chi connectivity index (χ0v) is 32.1. The second-order valence-electron chi connectivity index (χ2n) is 13.7. The Bertz CT molecular complexity index is 2010. The predicted molar refractivity (Wildman–Crippen MR) is 214 cm³/mol. The Hall–Kier alpha value is -6.72. The molecule has 0 aliphatic heterocycles. The normalized spacial score (nSPS) is 13.0.